The highest BCUT2D eigenvalue weighted by atomic mass is 19.1. The molecule has 5 rings (SSSR count). The van der Waals surface area contributed by atoms with Crippen molar-refractivity contribution in [2.24, 2.45) is 0 Å². The standard InChI is InChI=1S/C26H26FN5O3/c1-17-28-29-26(35-17)19-10-12-31(13-11-19)25(33)16-32-23(18-6-4-3-5-7-18)15-22(30-32)20-8-9-21(27)24(14-20)34-2/h3-9,14-15,19H,10-13,16H2,1-2H3. The monoisotopic (exact) mass is 475 g/mol. The minimum atomic E-state index is -0.437. The van der Waals surface area contributed by atoms with Crippen molar-refractivity contribution in [1.29, 1.82) is 0 Å². The van der Waals surface area contributed by atoms with Gasteiger partial charge in [0.1, 0.15) is 6.54 Å². The molecule has 0 aliphatic carbocycles. The second-order valence-corrected chi connectivity index (χ2v) is 8.60. The number of rotatable bonds is 6. The fourth-order valence-corrected chi connectivity index (χ4v) is 4.42. The van der Waals surface area contributed by atoms with Crippen LogP contribution in [0.3, 0.4) is 0 Å². The molecule has 0 N–H and O–H groups in total. The van der Waals surface area contributed by atoms with Gasteiger partial charge in [0, 0.05) is 31.5 Å². The molecule has 0 unspecified atom stereocenters. The van der Waals surface area contributed by atoms with E-state index in [0.717, 1.165) is 24.1 Å². The average molecular weight is 476 g/mol. The molecule has 1 fully saturated rings. The Morgan fingerprint density at radius 2 is 1.86 bits per heavy atom. The van der Waals surface area contributed by atoms with Gasteiger partial charge in [-0.2, -0.15) is 5.10 Å². The van der Waals surface area contributed by atoms with E-state index in [1.54, 1.807) is 23.7 Å². The van der Waals surface area contributed by atoms with Gasteiger partial charge in [-0.25, -0.2) is 4.39 Å². The SMILES string of the molecule is COc1cc(-c2cc(-c3ccccc3)n(CC(=O)N3CCC(c4nnc(C)o4)CC3)n2)ccc1F. The third kappa shape index (κ3) is 4.80. The van der Waals surface area contributed by atoms with Crippen LogP contribution in [-0.2, 0) is 11.3 Å². The summed E-state index contributed by atoms with van der Waals surface area (Å²) in [7, 11) is 1.43. The van der Waals surface area contributed by atoms with Crippen molar-refractivity contribution in [2.75, 3.05) is 20.2 Å². The third-order valence-electron chi connectivity index (χ3n) is 6.32. The number of nitrogens with zero attached hydrogens (tertiary/aromatic N) is 5. The van der Waals surface area contributed by atoms with Crippen LogP contribution in [-0.4, -0.2) is 51.0 Å². The Morgan fingerprint density at radius 3 is 2.54 bits per heavy atom. The summed E-state index contributed by atoms with van der Waals surface area (Å²) >= 11 is 0. The van der Waals surface area contributed by atoms with Gasteiger partial charge in [0.05, 0.1) is 18.5 Å². The number of carbonyl (C=O) groups excluding carboxylic acids is 1. The van der Waals surface area contributed by atoms with Crippen molar-refractivity contribution in [3.8, 4) is 28.3 Å². The minimum absolute atomic E-state index is 0.00585. The van der Waals surface area contributed by atoms with Gasteiger partial charge in [0.15, 0.2) is 11.6 Å². The van der Waals surface area contributed by atoms with Crippen LogP contribution in [0.25, 0.3) is 22.5 Å². The zero-order chi connectivity index (χ0) is 24.4. The number of halogens is 1. The molecule has 3 heterocycles. The molecule has 0 saturated carbocycles. The van der Waals surface area contributed by atoms with E-state index in [1.165, 1.54) is 13.2 Å². The van der Waals surface area contributed by atoms with Crippen molar-refractivity contribution < 1.29 is 18.3 Å². The largest absolute Gasteiger partial charge is 0.494 e. The predicted octanol–water partition coefficient (Wildman–Crippen LogP) is 4.46. The molecule has 0 atom stereocenters. The molecule has 1 saturated heterocycles. The smallest absolute Gasteiger partial charge is 0.244 e. The fourth-order valence-electron chi connectivity index (χ4n) is 4.42. The third-order valence-corrected chi connectivity index (χ3v) is 6.32. The van der Waals surface area contributed by atoms with Crippen LogP contribution in [0.2, 0.25) is 0 Å². The van der Waals surface area contributed by atoms with Crippen LogP contribution in [0.5, 0.6) is 5.75 Å². The summed E-state index contributed by atoms with van der Waals surface area (Å²) in [5.41, 5.74) is 3.11. The first kappa shape index (κ1) is 22.8. The van der Waals surface area contributed by atoms with E-state index < -0.39 is 5.82 Å². The van der Waals surface area contributed by atoms with Gasteiger partial charge in [-0.1, -0.05) is 30.3 Å². The van der Waals surface area contributed by atoms with Crippen molar-refractivity contribution in [3.63, 3.8) is 0 Å². The second-order valence-electron chi connectivity index (χ2n) is 8.60. The maximum atomic E-state index is 13.9. The summed E-state index contributed by atoms with van der Waals surface area (Å²) in [6, 6.07) is 16.3. The number of aryl methyl sites for hydroxylation is 1. The molecule has 2 aromatic carbocycles. The Hall–Kier alpha value is -4.01. The van der Waals surface area contributed by atoms with Gasteiger partial charge in [0.25, 0.3) is 0 Å². The number of carbonyl (C=O) groups is 1. The highest BCUT2D eigenvalue weighted by Crippen LogP contribution is 2.31. The van der Waals surface area contributed by atoms with Gasteiger partial charge in [-0.3, -0.25) is 9.48 Å². The number of methoxy groups -OCH3 is 1. The van der Waals surface area contributed by atoms with Crippen LogP contribution in [0.4, 0.5) is 4.39 Å². The van der Waals surface area contributed by atoms with Crippen molar-refractivity contribution in [2.45, 2.75) is 32.2 Å². The number of amides is 1. The molecular weight excluding hydrogens is 449 g/mol. The van der Waals surface area contributed by atoms with E-state index in [0.29, 0.717) is 36.1 Å². The summed E-state index contributed by atoms with van der Waals surface area (Å²) < 4.78 is 26.4. The highest BCUT2D eigenvalue weighted by Gasteiger charge is 2.28. The average Bonchev–Trinajstić information content (AvgIpc) is 3.51. The van der Waals surface area contributed by atoms with Crippen LogP contribution in [0.1, 0.15) is 30.5 Å². The Bertz CT molecular complexity index is 1330. The first-order valence-corrected chi connectivity index (χ1v) is 11.6. The van der Waals surface area contributed by atoms with Gasteiger partial charge < -0.3 is 14.1 Å². The summed E-state index contributed by atoms with van der Waals surface area (Å²) in [6.07, 6.45) is 1.55. The van der Waals surface area contributed by atoms with Crippen LogP contribution < -0.4 is 4.74 Å². The zero-order valence-corrected chi connectivity index (χ0v) is 19.6. The molecule has 4 aromatic rings. The minimum Gasteiger partial charge on any atom is -0.494 e. The molecule has 1 aliphatic heterocycles. The molecule has 0 radical (unpaired) electrons. The van der Waals surface area contributed by atoms with Crippen molar-refractivity contribution in [3.05, 3.63) is 72.2 Å². The molecule has 180 valence electrons. The second kappa shape index (κ2) is 9.69. The lowest BCUT2D eigenvalue weighted by Crippen LogP contribution is -2.40. The first-order valence-electron chi connectivity index (χ1n) is 11.6. The summed E-state index contributed by atoms with van der Waals surface area (Å²) in [5, 5.41) is 12.8. The lowest BCUT2D eigenvalue weighted by Gasteiger charge is -2.30. The normalized spacial score (nSPS) is 14.3. The Kier molecular flexibility index (Phi) is 6.31. The number of benzene rings is 2. The van der Waals surface area contributed by atoms with Gasteiger partial charge >= 0.3 is 0 Å². The summed E-state index contributed by atoms with van der Waals surface area (Å²) in [6.45, 7) is 3.12. The van der Waals surface area contributed by atoms with Gasteiger partial charge in [-0.05, 0) is 42.7 Å². The van der Waals surface area contributed by atoms with Crippen LogP contribution >= 0.6 is 0 Å². The number of likely N-dealkylation sites (tertiary alicyclic amines) is 1. The zero-order valence-electron chi connectivity index (χ0n) is 19.6. The van der Waals surface area contributed by atoms with E-state index in [9.17, 15) is 9.18 Å². The summed E-state index contributed by atoms with van der Waals surface area (Å²) in [4.78, 5) is 15.1. The Balaban J connectivity index is 1.37. The first-order chi connectivity index (χ1) is 17.0. The predicted molar refractivity (Wildman–Crippen MR) is 127 cm³/mol. The topological polar surface area (TPSA) is 86.3 Å². The van der Waals surface area contributed by atoms with E-state index in [4.69, 9.17) is 14.3 Å². The highest BCUT2D eigenvalue weighted by molar-refractivity contribution is 5.78. The van der Waals surface area contributed by atoms with Gasteiger partial charge in [0.2, 0.25) is 17.7 Å². The van der Waals surface area contributed by atoms with E-state index in [-0.39, 0.29) is 24.1 Å². The molecule has 0 bridgehead atoms. The Morgan fingerprint density at radius 1 is 1.09 bits per heavy atom. The maximum absolute atomic E-state index is 13.9. The van der Waals surface area contributed by atoms with E-state index in [1.807, 2.05) is 41.3 Å². The number of hydrogen-bond donors (Lipinski definition) is 0. The molecule has 1 aliphatic rings. The van der Waals surface area contributed by atoms with E-state index in [2.05, 4.69) is 10.2 Å². The van der Waals surface area contributed by atoms with Crippen LogP contribution in [0.15, 0.2) is 59.0 Å². The number of ether oxygens (including phenoxy) is 1. The number of piperidine rings is 1. The molecule has 0 spiro atoms. The molecule has 8 nitrogen and oxygen atoms in total. The molecular formula is C26H26FN5O3. The molecule has 2 aromatic heterocycles. The van der Waals surface area contributed by atoms with E-state index >= 15 is 0 Å². The molecule has 9 heteroatoms. The lowest BCUT2D eigenvalue weighted by atomic mass is 9.97. The lowest BCUT2D eigenvalue weighted by molar-refractivity contribution is -0.133. The molecule has 1 amide bonds. The maximum Gasteiger partial charge on any atom is 0.244 e. The fraction of sp³-hybridized carbons (Fsp3) is 0.308. The van der Waals surface area contributed by atoms with Crippen LogP contribution in [0, 0.1) is 12.7 Å². The van der Waals surface area contributed by atoms with Crippen molar-refractivity contribution >= 4 is 5.91 Å². The Labute approximate surface area is 202 Å². The van der Waals surface area contributed by atoms with Gasteiger partial charge in [-0.15, -0.1) is 10.2 Å². The van der Waals surface area contributed by atoms with Crippen molar-refractivity contribution in [1.82, 2.24) is 24.9 Å². The number of aromatic nitrogens is 4. The summed E-state index contributed by atoms with van der Waals surface area (Å²) in [5.74, 6) is 1.08. The molecule has 35 heavy (non-hydrogen) atoms. The number of hydrogen-bond acceptors (Lipinski definition) is 6. The quantitative estimate of drug-likeness (QED) is 0.409.